The van der Waals surface area contributed by atoms with Gasteiger partial charge < -0.3 is 4.74 Å². The van der Waals surface area contributed by atoms with Crippen LogP contribution in [0.5, 0.6) is 0 Å². The summed E-state index contributed by atoms with van der Waals surface area (Å²) in [7, 11) is 0. The predicted molar refractivity (Wildman–Crippen MR) is 74.6 cm³/mol. The smallest absolute Gasteiger partial charge is 0.411 e. The molecule has 0 spiro atoms. The van der Waals surface area contributed by atoms with Gasteiger partial charge in [-0.05, 0) is 31.2 Å². The zero-order chi connectivity index (χ0) is 14.5. The first kappa shape index (κ1) is 14.3. The lowest BCUT2D eigenvalue weighted by atomic mass is 9.88. The van der Waals surface area contributed by atoms with E-state index in [1.807, 2.05) is 0 Å². The van der Waals surface area contributed by atoms with Crippen LogP contribution >= 0.6 is 0 Å². The third-order valence-electron chi connectivity index (χ3n) is 3.59. The van der Waals surface area contributed by atoms with Crippen molar-refractivity contribution in [3.05, 3.63) is 34.4 Å². The molecule has 0 unspecified atom stereocenters. The predicted octanol–water partition coefficient (Wildman–Crippen LogP) is 3.72. The molecule has 1 aliphatic rings. The van der Waals surface area contributed by atoms with E-state index in [-0.39, 0.29) is 11.8 Å². The van der Waals surface area contributed by atoms with Gasteiger partial charge in [0, 0.05) is 12.1 Å². The molecule has 2 atom stereocenters. The van der Waals surface area contributed by atoms with Gasteiger partial charge in [0.2, 0.25) is 0 Å². The first-order valence-electron chi connectivity index (χ1n) is 6.78. The maximum absolute atomic E-state index is 11.8. The summed E-state index contributed by atoms with van der Waals surface area (Å²) in [4.78, 5) is 22.0. The number of benzene rings is 1. The minimum atomic E-state index is -0.552. The van der Waals surface area contributed by atoms with E-state index in [1.54, 1.807) is 6.07 Å². The molecule has 6 nitrogen and oxygen atoms in total. The number of nitro groups is 1. The summed E-state index contributed by atoms with van der Waals surface area (Å²) >= 11 is 0. The Morgan fingerprint density at radius 1 is 1.40 bits per heavy atom. The van der Waals surface area contributed by atoms with Crippen molar-refractivity contribution in [3.63, 3.8) is 0 Å². The lowest BCUT2D eigenvalue weighted by molar-refractivity contribution is -0.384. The van der Waals surface area contributed by atoms with Gasteiger partial charge in [0.25, 0.3) is 5.69 Å². The molecule has 0 saturated heterocycles. The maximum atomic E-state index is 11.8. The Morgan fingerprint density at radius 3 is 2.85 bits per heavy atom. The van der Waals surface area contributed by atoms with Gasteiger partial charge in [0.05, 0.1) is 10.6 Å². The number of nitrogens with zero attached hydrogens (tertiary/aromatic N) is 1. The second kappa shape index (κ2) is 6.36. The minimum Gasteiger partial charge on any atom is -0.446 e. The second-order valence-corrected chi connectivity index (χ2v) is 5.14. The average molecular weight is 278 g/mol. The van der Waals surface area contributed by atoms with Crippen LogP contribution in [0.15, 0.2) is 24.3 Å². The standard InChI is InChI=1S/C14H18N2O4/c1-10-5-2-3-8-13(10)20-14(17)15-11-6-4-7-12(9-11)16(18)19/h4,6-7,9-10,13H,2-3,5,8H2,1H3,(H,15,17)/t10-,13-/m1/s1. The minimum absolute atomic E-state index is 0.0613. The molecule has 0 heterocycles. The highest BCUT2D eigenvalue weighted by Crippen LogP contribution is 2.26. The number of rotatable bonds is 3. The molecule has 2 rings (SSSR count). The SMILES string of the molecule is C[C@@H]1CCCC[C@H]1OC(=O)Nc1cccc([N+](=O)[O-])c1. The Kier molecular flexibility index (Phi) is 4.55. The molecule has 1 aromatic rings. The molecule has 0 bridgehead atoms. The number of hydrogen-bond acceptors (Lipinski definition) is 4. The number of carbonyl (C=O) groups is 1. The van der Waals surface area contributed by atoms with E-state index >= 15 is 0 Å². The number of carbonyl (C=O) groups excluding carboxylic acids is 1. The zero-order valence-electron chi connectivity index (χ0n) is 11.4. The van der Waals surface area contributed by atoms with E-state index in [0.29, 0.717) is 11.6 Å². The molecule has 108 valence electrons. The molecule has 20 heavy (non-hydrogen) atoms. The first-order chi connectivity index (χ1) is 9.56. The van der Waals surface area contributed by atoms with Gasteiger partial charge in [0.1, 0.15) is 6.10 Å². The Hall–Kier alpha value is -2.11. The highest BCUT2D eigenvalue weighted by Gasteiger charge is 2.24. The Bertz CT molecular complexity index is 504. The van der Waals surface area contributed by atoms with Gasteiger partial charge in [-0.2, -0.15) is 0 Å². The highest BCUT2D eigenvalue weighted by molar-refractivity contribution is 5.85. The van der Waals surface area contributed by atoms with Gasteiger partial charge in [-0.1, -0.05) is 19.4 Å². The molecular weight excluding hydrogens is 260 g/mol. The van der Waals surface area contributed by atoms with Crippen molar-refractivity contribution in [3.8, 4) is 0 Å². The van der Waals surface area contributed by atoms with Gasteiger partial charge in [-0.25, -0.2) is 4.79 Å². The normalized spacial score (nSPS) is 22.1. The van der Waals surface area contributed by atoms with Crippen molar-refractivity contribution in [1.29, 1.82) is 0 Å². The molecule has 0 radical (unpaired) electrons. The van der Waals surface area contributed by atoms with Gasteiger partial charge in [-0.15, -0.1) is 0 Å². The van der Waals surface area contributed by atoms with E-state index in [0.717, 1.165) is 19.3 Å². The molecule has 1 aliphatic carbocycles. The number of anilines is 1. The summed E-state index contributed by atoms with van der Waals surface area (Å²) in [5.74, 6) is 0.361. The van der Waals surface area contributed by atoms with Gasteiger partial charge >= 0.3 is 6.09 Å². The molecule has 1 saturated carbocycles. The number of amides is 1. The van der Waals surface area contributed by atoms with Crippen molar-refractivity contribution < 1.29 is 14.5 Å². The number of non-ortho nitro benzene ring substituents is 1. The number of nitrogens with one attached hydrogen (secondary N) is 1. The lowest BCUT2D eigenvalue weighted by Gasteiger charge is -2.28. The number of ether oxygens (including phenoxy) is 1. The second-order valence-electron chi connectivity index (χ2n) is 5.14. The fourth-order valence-electron chi connectivity index (χ4n) is 2.44. The first-order valence-corrected chi connectivity index (χ1v) is 6.78. The molecule has 1 amide bonds. The monoisotopic (exact) mass is 278 g/mol. The molecular formula is C14H18N2O4. The van der Waals surface area contributed by atoms with Crippen LogP contribution in [-0.4, -0.2) is 17.1 Å². The molecule has 1 aromatic carbocycles. The number of nitro benzene ring substituents is 1. The van der Waals surface area contributed by atoms with Crippen LogP contribution in [0.2, 0.25) is 0 Å². The maximum Gasteiger partial charge on any atom is 0.411 e. The summed E-state index contributed by atoms with van der Waals surface area (Å²) in [6.07, 6.45) is 3.57. The van der Waals surface area contributed by atoms with Crippen LogP contribution in [0.25, 0.3) is 0 Å². The van der Waals surface area contributed by atoms with Crippen LogP contribution in [0.1, 0.15) is 32.6 Å². The van der Waals surface area contributed by atoms with Gasteiger partial charge in [-0.3, -0.25) is 15.4 Å². The van der Waals surface area contributed by atoms with Crippen LogP contribution in [-0.2, 0) is 4.74 Å². The van der Waals surface area contributed by atoms with E-state index in [9.17, 15) is 14.9 Å². The molecule has 1 fully saturated rings. The fourth-order valence-corrected chi connectivity index (χ4v) is 2.44. The Labute approximate surface area is 117 Å². The van der Waals surface area contributed by atoms with Crippen molar-refractivity contribution in [2.75, 3.05) is 5.32 Å². The van der Waals surface area contributed by atoms with Crippen molar-refractivity contribution in [1.82, 2.24) is 0 Å². The molecule has 6 heteroatoms. The average Bonchev–Trinajstić information content (AvgIpc) is 2.41. The number of hydrogen-bond donors (Lipinski definition) is 1. The summed E-state index contributed by atoms with van der Waals surface area (Å²) < 4.78 is 5.39. The third kappa shape index (κ3) is 3.69. The largest absolute Gasteiger partial charge is 0.446 e. The van der Waals surface area contributed by atoms with Crippen molar-refractivity contribution >= 4 is 17.5 Å². The topological polar surface area (TPSA) is 81.5 Å². The van der Waals surface area contributed by atoms with Crippen LogP contribution < -0.4 is 5.32 Å². The van der Waals surface area contributed by atoms with Crippen LogP contribution in [0.3, 0.4) is 0 Å². The van der Waals surface area contributed by atoms with E-state index in [2.05, 4.69) is 12.2 Å². The van der Waals surface area contributed by atoms with Crippen LogP contribution in [0.4, 0.5) is 16.2 Å². The summed E-state index contributed by atoms with van der Waals surface area (Å²) in [5, 5.41) is 13.2. The summed E-state index contributed by atoms with van der Waals surface area (Å²) in [6, 6.07) is 5.81. The fraction of sp³-hybridized carbons (Fsp3) is 0.500. The van der Waals surface area contributed by atoms with Crippen molar-refractivity contribution in [2.24, 2.45) is 5.92 Å². The van der Waals surface area contributed by atoms with E-state index in [1.165, 1.54) is 24.6 Å². The quantitative estimate of drug-likeness (QED) is 0.674. The van der Waals surface area contributed by atoms with Crippen LogP contribution in [0, 0.1) is 16.0 Å². The highest BCUT2D eigenvalue weighted by atomic mass is 16.6. The lowest BCUT2D eigenvalue weighted by Crippen LogP contribution is -2.30. The van der Waals surface area contributed by atoms with Crippen molar-refractivity contribution in [2.45, 2.75) is 38.7 Å². The summed E-state index contributed by atoms with van der Waals surface area (Å²) in [5.41, 5.74) is 0.307. The zero-order valence-corrected chi connectivity index (χ0v) is 11.4. The molecule has 0 aliphatic heterocycles. The summed E-state index contributed by atoms with van der Waals surface area (Å²) in [6.45, 7) is 2.07. The molecule has 1 N–H and O–H groups in total. The van der Waals surface area contributed by atoms with E-state index < -0.39 is 11.0 Å². The third-order valence-corrected chi connectivity index (χ3v) is 3.59. The van der Waals surface area contributed by atoms with E-state index in [4.69, 9.17) is 4.74 Å². The Balaban J connectivity index is 1.94. The van der Waals surface area contributed by atoms with Gasteiger partial charge in [0.15, 0.2) is 0 Å². The Morgan fingerprint density at radius 2 is 2.15 bits per heavy atom. The molecule has 0 aromatic heterocycles.